The number of benzene rings is 1. The fourth-order valence-corrected chi connectivity index (χ4v) is 1.93. The summed E-state index contributed by atoms with van der Waals surface area (Å²) in [5.74, 6) is 0.188. The molecule has 0 aromatic heterocycles. The third kappa shape index (κ3) is 3.46. The Hall–Kier alpha value is -1.57. The Balaban J connectivity index is 3.01. The molecule has 0 N–H and O–H groups in total. The summed E-state index contributed by atoms with van der Waals surface area (Å²) in [6.07, 6.45) is 2.45. The highest BCUT2D eigenvalue weighted by Gasteiger charge is 2.20. The molecule has 0 heterocycles. The van der Waals surface area contributed by atoms with Crippen molar-refractivity contribution in [3.8, 4) is 0 Å². The van der Waals surface area contributed by atoms with Crippen LogP contribution < -0.4 is 4.90 Å². The zero-order valence-electron chi connectivity index (χ0n) is 11.9. The van der Waals surface area contributed by atoms with Gasteiger partial charge in [-0.1, -0.05) is 13.0 Å². The van der Waals surface area contributed by atoms with Crippen molar-refractivity contribution in [2.75, 3.05) is 11.4 Å². The molecule has 0 radical (unpaired) electrons. The molecule has 0 amide bonds. The minimum Gasteiger partial charge on any atom is -0.363 e. The monoisotopic (exact) mass is 245 g/mol. The number of carbonyl (C=O) groups is 1. The van der Waals surface area contributed by atoms with Crippen LogP contribution in [-0.2, 0) is 0 Å². The highest BCUT2D eigenvalue weighted by atomic mass is 16.1. The fourth-order valence-electron chi connectivity index (χ4n) is 1.93. The highest BCUT2D eigenvalue weighted by molar-refractivity contribution is 5.96. The average molecular weight is 245 g/mol. The van der Waals surface area contributed by atoms with Gasteiger partial charge in [-0.3, -0.25) is 4.79 Å². The maximum Gasteiger partial charge on any atom is 0.162 e. The zero-order chi connectivity index (χ0) is 13.8. The van der Waals surface area contributed by atoms with E-state index in [9.17, 15) is 4.79 Å². The number of nitrogens with zero attached hydrogens (tertiary/aromatic N) is 1. The van der Waals surface area contributed by atoms with Crippen molar-refractivity contribution in [3.63, 3.8) is 0 Å². The minimum atomic E-state index is 0.0322. The first-order valence-corrected chi connectivity index (χ1v) is 6.42. The van der Waals surface area contributed by atoms with Crippen molar-refractivity contribution in [2.45, 2.75) is 39.7 Å². The number of carbonyl (C=O) groups excluding carboxylic acids is 1. The number of hydrogen-bond donors (Lipinski definition) is 0. The average Bonchev–Trinajstić information content (AvgIpc) is 2.34. The van der Waals surface area contributed by atoms with E-state index in [1.54, 1.807) is 0 Å². The summed E-state index contributed by atoms with van der Waals surface area (Å²) in [4.78, 5) is 13.9. The van der Waals surface area contributed by atoms with Crippen LogP contribution in [0, 0.1) is 0 Å². The molecule has 2 nitrogen and oxygen atoms in total. The van der Waals surface area contributed by atoms with E-state index < -0.39 is 0 Å². The Morgan fingerprint density at radius 2 is 1.83 bits per heavy atom. The lowest BCUT2D eigenvalue weighted by atomic mass is 10.0. The molecular formula is C16H23NO. The van der Waals surface area contributed by atoms with Crippen LogP contribution in [-0.4, -0.2) is 17.9 Å². The summed E-state index contributed by atoms with van der Waals surface area (Å²) in [7, 11) is 0. The van der Waals surface area contributed by atoms with Gasteiger partial charge in [0.2, 0.25) is 0 Å². The second-order valence-corrected chi connectivity index (χ2v) is 5.39. The van der Waals surface area contributed by atoms with E-state index in [4.69, 9.17) is 0 Å². The number of rotatable bonds is 5. The van der Waals surface area contributed by atoms with Gasteiger partial charge in [0.15, 0.2) is 5.78 Å². The molecule has 0 spiro atoms. The van der Waals surface area contributed by atoms with E-state index in [1.807, 2.05) is 37.3 Å². The van der Waals surface area contributed by atoms with Crippen molar-refractivity contribution in [1.29, 1.82) is 0 Å². The van der Waals surface area contributed by atoms with Crippen LogP contribution in [0.15, 0.2) is 36.9 Å². The maximum atomic E-state index is 11.6. The van der Waals surface area contributed by atoms with Crippen molar-refractivity contribution in [2.24, 2.45) is 0 Å². The first kappa shape index (κ1) is 14.5. The Bertz CT molecular complexity index is 412. The fraction of sp³-hybridized carbons (Fsp3) is 0.438. The van der Waals surface area contributed by atoms with E-state index in [0.29, 0.717) is 6.42 Å². The van der Waals surface area contributed by atoms with Crippen LogP contribution in [0.2, 0.25) is 0 Å². The van der Waals surface area contributed by atoms with Crippen LogP contribution in [0.4, 0.5) is 5.69 Å². The van der Waals surface area contributed by atoms with Crippen LogP contribution >= 0.6 is 0 Å². The quantitative estimate of drug-likeness (QED) is 0.575. The summed E-state index contributed by atoms with van der Waals surface area (Å²) < 4.78 is 0. The van der Waals surface area contributed by atoms with Crippen molar-refractivity contribution < 1.29 is 4.79 Å². The first-order chi connectivity index (χ1) is 8.40. The molecule has 1 aromatic rings. The van der Waals surface area contributed by atoms with Gasteiger partial charge in [0.05, 0.1) is 0 Å². The van der Waals surface area contributed by atoms with Gasteiger partial charge in [0.25, 0.3) is 0 Å². The largest absolute Gasteiger partial charge is 0.363 e. The number of anilines is 1. The highest BCUT2D eigenvalue weighted by Crippen LogP contribution is 2.24. The summed E-state index contributed by atoms with van der Waals surface area (Å²) in [5, 5.41) is 0. The standard InChI is InChI=1S/C16H23NO/c1-6-12-17(16(3,4)5)14-10-8-13(9-11-14)15(18)7-2/h6,8-11H,1,7,12H2,2-5H3. The van der Waals surface area contributed by atoms with Crippen LogP contribution in [0.5, 0.6) is 0 Å². The molecule has 18 heavy (non-hydrogen) atoms. The molecule has 0 bridgehead atoms. The van der Waals surface area contributed by atoms with Crippen LogP contribution in [0.25, 0.3) is 0 Å². The smallest absolute Gasteiger partial charge is 0.162 e. The molecule has 0 aliphatic heterocycles. The summed E-state index contributed by atoms with van der Waals surface area (Å²) in [6, 6.07) is 7.83. The third-order valence-electron chi connectivity index (χ3n) is 2.94. The van der Waals surface area contributed by atoms with Crippen molar-refractivity contribution in [1.82, 2.24) is 0 Å². The second-order valence-electron chi connectivity index (χ2n) is 5.39. The molecule has 1 rings (SSSR count). The van der Waals surface area contributed by atoms with E-state index in [0.717, 1.165) is 17.8 Å². The molecule has 0 saturated heterocycles. The molecule has 98 valence electrons. The van der Waals surface area contributed by atoms with E-state index in [2.05, 4.69) is 32.3 Å². The Labute approximate surface area is 110 Å². The van der Waals surface area contributed by atoms with Gasteiger partial charge in [0.1, 0.15) is 0 Å². The molecule has 1 aromatic carbocycles. The zero-order valence-corrected chi connectivity index (χ0v) is 11.9. The lowest BCUT2D eigenvalue weighted by molar-refractivity contribution is 0.0988. The predicted octanol–water partition coefficient (Wildman–Crippen LogP) is 4.07. The van der Waals surface area contributed by atoms with Crippen molar-refractivity contribution in [3.05, 3.63) is 42.5 Å². The van der Waals surface area contributed by atoms with Crippen LogP contribution in [0.3, 0.4) is 0 Å². The molecule has 0 unspecified atom stereocenters. The first-order valence-electron chi connectivity index (χ1n) is 6.42. The van der Waals surface area contributed by atoms with Gasteiger partial charge >= 0.3 is 0 Å². The van der Waals surface area contributed by atoms with E-state index >= 15 is 0 Å². The van der Waals surface area contributed by atoms with Gasteiger partial charge in [-0.2, -0.15) is 0 Å². The van der Waals surface area contributed by atoms with E-state index in [-0.39, 0.29) is 11.3 Å². The van der Waals surface area contributed by atoms with Crippen molar-refractivity contribution >= 4 is 11.5 Å². The van der Waals surface area contributed by atoms with Gasteiger partial charge in [-0.05, 0) is 45.0 Å². The van der Waals surface area contributed by atoms with Gasteiger partial charge < -0.3 is 4.90 Å². The summed E-state index contributed by atoms with van der Waals surface area (Å²) in [5.41, 5.74) is 1.94. The lowest BCUT2D eigenvalue weighted by Crippen LogP contribution is -2.41. The minimum absolute atomic E-state index is 0.0322. The number of ketones is 1. The molecule has 0 aliphatic rings. The molecule has 0 saturated carbocycles. The van der Waals surface area contributed by atoms with Gasteiger partial charge in [0, 0.05) is 29.8 Å². The molecule has 0 aliphatic carbocycles. The predicted molar refractivity (Wildman–Crippen MR) is 78.4 cm³/mol. The molecule has 0 atom stereocenters. The summed E-state index contributed by atoms with van der Waals surface area (Å²) in [6.45, 7) is 13.0. The summed E-state index contributed by atoms with van der Waals surface area (Å²) >= 11 is 0. The van der Waals surface area contributed by atoms with Gasteiger partial charge in [-0.25, -0.2) is 0 Å². The number of Topliss-reactive ketones (excluding diaryl/α,β-unsaturated/α-hetero) is 1. The topological polar surface area (TPSA) is 20.3 Å². The van der Waals surface area contributed by atoms with Gasteiger partial charge in [-0.15, -0.1) is 6.58 Å². The Morgan fingerprint density at radius 1 is 1.28 bits per heavy atom. The third-order valence-corrected chi connectivity index (χ3v) is 2.94. The number of hydrogen-bond acceptors (Lipinski definition) is 2. The van der Waals surface area contributed by atoms with Crippen LogP contribution in [0.1, 0.15) is 44.5 Å². The van der Waals surface area contributed by atoms with E-state index in [1.165, 1.54) is 0 Å². The maximum absolute atomic E-state index is 11.6. The Morgan fingerprint density at radius 3 is 2.22 bits per heavy atom. The molecule has 0 fully saturated rings. The normalized spacial score (nSPS) is 11.1. The SMILES string of the molecule is C=CCN(c1ccc(C(=O)CC)cc1)C(C)(C)C. The second kappa shape index (κ2) is 5.85. The Kier molecular flexibility index (Phi) is 4.71. The molecular weight excluding hydrogens is 222 g/mol. The lowest BCUT2D eigenvalue weighted by Gasteiger charge is -2.37. The molecule has 2 heteroatoms.